The highest BCUT2D eigenvalue weighted by Crippen LogP contribution is 2.19. The molecule has 1 aliphatic heterocycles. The first kappa shape index (κ1) is 8.74. The van der Waals surface area contributed by atoms with Gasteiger partial charge in [0, 0.05) is 6.61 Å². The minimum atomic E-state index is -0.0275. The summed E-state index contributed by atoms with van der Waals surface area (Å²) >= 11 is 1.19. The second kappa shape index (κ2) is 3.88. The van der Waals surface area contributed by atoms with Crippen molar-refractivity contribution >= 4 is 21.8 Å². The molecular weight excluding hydrogens is 160 g/mol. The monoisotopic (exact) mass is 172 g/mol. The average molecular weight is 172 g/mol. The van der Waals surface area contributed by atoms with Crippen LogP contribution in [0.15, 0.2) is 0 Å². The van der Waals surface area contributed by atoms with Crippen LogP contribution in [0, 0.1) is 10.8 Å². The summed E-state index contributed by atoms with van der Waals surface area (Å²) in [6.45, 7) is 2.46. The topological polar surface area (TPSA) is 56.9 Å². The van der Waals surface area contributed by atoms with Gasteiger partial charge in [-0.05, 0) is 19.8 Å². The molecule has 0 saturated carbocycles. The van der Waals surface area contributed by atoms with Crippen molar-refractivity contribution in [1.82, 2.24) is 0 Å². The van der Waals surface area contributed by atoms with Crippen LogP contribution in [0.3, 0.4) is 0 Å². The molecule has 62 valence electrons. The van der Waals surface area contributed by atoms with E-state index in [-0.39, 0.29) is 6.10 Å². The van der Waals surface area contributed by atoms with E-state index in [9.17, 15) is 0 Å². The number of hydrogen-bond donors (Lipinski definition) is 2. The van der Waals surface area contributed by atoms with E-state index in [2.05, 4.69) is 0 Å². The number of ether oxygens (including phenoxy) is 1. The van der Waals surface area contributed by atoms with Gasteiger partial charge in [-0.3, -0.25) is 10.8 Å². The van der Waals surface area contributed by atoms with Crippen LogP contribution in [-0.4, -0.2) is 22.8 Å². The molecule has 3 nitrogen and oxygen atoms in total. The van der Waals surface area contributed by atoms with E-state index in [4.69, 9.17) is 15.6 Å². The van der Waals surface area contributed by atoms with Crippen molar-refractivity contribution in [3.8, 4) is 0 Å². The molecule has 11 heavy (non-hydrogen) atoms. The van der Waals surface area contributed by atoms with Gasteiger partial charge >= 0.3 is 0 Å². The Morgan fingerprint density at radius 3 is 2.73 bits per heavy atom. The van der Waals surface area contributed by atoms with E-state index in [1.807, 2.05) is 0 Å². The Kier molecular flexibility index (Phi) is 3.08. The summed E-state index contributed by atoms with van der Waals surface area (Å²) in [5.74, 6) is 0. The molecule has 0 aliphatic carbocycles. The van der Waals surface area contributed by atoms with Gasteiger partial charge in [-0.15, -0.1) is 0 Å². The molecule has 1 saturated heterocycles. The molecule has 1 aliphatic rings. The number of thioether (sulfide) groups is 1. The fourth-order valence-corrected chi connectivity index (χ4v) is 1.66. The van der Waals surface area contributed by atoms with E-state index in [1.54, 1.807) is 6.92 Å². The third kappa shape index (κ3) is 2.63. The summed E-state index contributed by atoms with van der Waals surface area (Å²) in [5.41, 5.74) is 0. The van der Waals surface area contributed by atoms with E-state index >= 15 is 0 Å². The molecule has 0 amide bonds. The fourth-order valence-electron chi connectivity index (χ4n) is 1.02. The number of rotatable bonds is 1. The van der Waals surface area contributed by atoms with Gasteiger partial charge in [0.05, 0.1) is 10.1 Å². The van der Waals surface area contributed by atoms with E-state index < -0.39 is 0 Å². The molecule has 0 radical (unpaired) electrons. The molecule has 1 atom stereocenters. The van der Waals surface area contributed by atoms with Crippen LogP contribution < -0.4 is 0 Å². The Morgan fingerprint density at radius 1 is 1.55 bits per heavy atom. The average Bonchev–Trinajstić information content (AvgIpc) is 2.35. The number of hydrogen-bond acceptors (Lipinski definition) is 4. The van der Waals surface area contributed by atoms with Gasteiger partial charge in [0.2, 0.25) is 0 Å². The lowest BCUT2D eigenvalue weighted by molar-refractivity contribution is 0.160. The van der Waals surface area contributed by atoms with Gasteiger partial charge in [-0.1, -0.05) is 11.8 Å². The Hall–Kier alpha value is -0.350. The third-order valence-electron chi connectivity index (χ3n) is 1.49. The summed E-state index contributed by atoms with van der Waals surface area (Å²) in [7, 11) is 0. The largest absolute Gasteiger partial charge is 0.371 e. The number of nitrogens with one attached hydrogen (secondary N) is 2. The third-order valence-corrected chi connectivity index (χ3v) is 2.27. The maximum atomic E-state index is 7.51. The lowest BCUT2D eigenvalue weighted by Gasteiger charge is -2.08. The zero-order valence-electron chi connectivity index (χ0n) is 6.52. The molecule has 0 spiro atoms. The highest BCUT2D eigenvalue weighted by molar-refractivity contribution is 8.26. The second-order valence-electron chi connectivity index (χ2n) is 2.52. The molecular formula is C7H12N2OS. The minimum absolute atomic E-state index is 0.0275. The molecule has 1 rings (SSSR count). The second-order valence-corrected chi connectivity index (χ2v) is 3.78. The predicted octanol–water partition coefficient (Wildman–Crippen LogP) is 1.87. The summed E-state index contributed by atoms with van der Waals surface area (Å²) in [4.78, 5) is 0. The first-order chi connectivity index (χ1) is 5.20. The summed E-state index contributed by atoms with van der Waals surface area (Å²) in [6.07, 6.45) is 1.96. The van der Waals surface area contributed by atoms with Crippen LogP contribution >= 0.6 is 11.8 Å². The summed E-state index contributed by atoms with van der Waals surface area (Å²) in [5, 5.41) is 15.6. The standard InChI is InChI=1S/C7H12N2OS/c1-5(8)11-7(9)6-3-2-4-10-6/h6,8-9H,2-4H2,1H3. The summed E-state index contributed by atoms with van der Waals surface area (Å²) in [6, 6.07) is 0. The lowest BCUT2D eigenvalue weighted by atomic mass is 10.2. The lowest BCUT2D eigenvalue weighted by Crippen LogP contribution is -2.15. The van der Waals surface area contributed by atoms with Crippen LogP contribution in [0.25, 0.3) is 0 Å². The molecule has 1 heterocycles. The molecule has 1 fully saturated rings. The first-order valence-electron chi connectivity index (χ1n) is 3.63. The van der Waals surface area contributed by atoms with Crippen molar-refractivity contribution in [3.63, 3.8) is 0 Å². The predicted molar refractivity (Wildman–Crippen MR) is 47.7 cm³/mol. The molecule has 4 heteroatoms. The van der Waals surface area contributed by atoms with Gasteiger partial charge in [-0.25, -0.2) is 0 Å². The minimum Gasteiger partial charge on any atom is -0.371 e. The maximum absolute atomic E-state index is 7.51. The van der Waals surface area contributed by atoms with Crippen LogP contribution in [0.2, 0.25) is 0 Å². The zero-order chi connectivity index (χ0) is 8.27. The van der Waals surface area contributed by atoms with Crippen molar-refractivity contribution in [1.29, 1.82) is 10.8 Å². The van der Waals surface area contributed by atoms with Crippen LogP contribution in [0.1, 0.15) is 19.8 Å². The normalized spacial score (nSPS) is 23.5. The van der Waals surface area contributed by atoms with Crippen molar-refractivity contribution in [3.05, 3.63) is 0 Å². The van der Waals surface area contributed by atoms with Crippen molar-refractivity contribution in [2.75, 3.05) is 6.61 Å². The van der Waals surface area contributed by atoms with Crippen LogP contribution in [0.5, 0.6) is 0 Å². The van der Waals surface area contributed by atoms with E-state index in [0.29, 0.717) is 10.1 Å². The Labute approximate surface area is 70.5 Å². The van der Waals surface area contributed by atoms with Gasteiger partial charge in [0.15, 0.2) is 0 Å². The molecule has 0 aromatic carbocycles. The smallest absolute Gasteiger partial charge is 0.105 e. The molecule has 0 aromatic rings. The van der Waals surface area contributed by atoms with Crippen molar-refractivity contribution in [2.45, 2.75) is 25.9 Å². The molecule has 0 bridgehead atoms. The fraction of sp³-hybridized carbons (Fsp3) is 0.714. The van der Waals surface area contributed by atoms with Crippen molar-refractivity contribution in [2.24, 2.45) is 0 Å². The van der Waals surface area contributed by atoms with Gasteiger partial charge in [-0.2, -0.15) is 0 Å². The van der Waals surface area contributed by atoms with Crippen LogP contribution in [-0.2, 0) is 4.74 Å². The maximum Gasteiger partial charge on any atom is 0.105 e. The first-order valence-corrected chi connectivity index (χ1v) is 4.45. The highest BCUT2D eigenvalue weighted by atomic mass is 32.2. The Bertz CT molecular complexity index is 175. The van der Waals surface area contributed by atoms with Gasteiger partial charge in [0.25, 0.3) is 0 Å². The molecule has 0 aromatic heterocycles. The van der Waals surface area contributed by atoms with Gasteiger partial charge in [0.1, 0.15) is 6.10 Å². The SMILES string of the molecule is CC(=N)SC(=N)C1CCCO1. The summed E-state index contributed by atoms with van der Waals surface area (Å²) < 4.78 is 5.27. The van der Waals surface area contributed by atoms with Gasteiger partial charge < -0.3 is 4.74 Å². The highest BCUT2D eigenvalue weighted by Gasteiger charge is 2.20. The van der Waals surface area contributed by atoms with E-state index in [1.165, 1.54) is 11.8 Å². The van der Waals surface area contributed by atoms with Crippen LogP contribution in [0.4, 0.5) is 0 Å². The Balaban J connectivity index is 2.34. The van der Waals surface area contributed by atoms with E-state index in [0.717, 1.165) is 19.4 Å². The Morgan fingerprint density at radius 2 is 2.27 bits per heavy atom. The zero-order valence-corrected chi connectivity index (χ0v) is 7.33. The van der Waals surface area contributed by atoms with Crippen molar-refractivity contribution < 1.29 is 4.74 Å². The molecule has 1 unspecified atom stereocenters. The quantitative estimate of drug-likeness (QED) is 0.468. The molecule has 2 N–H and O–H groups in total.